The first-order valence-electron chi connectivity index (χ1n) is 8.38. The van der Waals surface area contributed by atoms with Gasteiger partial charge in [0.25, 0.3) is 0 Å². The van der Waals surface area contributed by atoms with Crippen molar-refractivity contribution in [3.05, 3.63) is 45.7 Å². The highest BCUT2D eigenvalue weighted by atomic mass is 16.4. The number of hydrogen-bond donors (Lipinski definition) is 1. The Morgan fingerprint density at radius 2 is 2.04 bits per heavy atom. The van der Waals surface area contributed by atoms with Crippen molar-refractivity contribution in [3.8, 4) is 0 Å². The van der Waals surface area contributed by atoms with Gasteiger partial charge in [0.05, 0.1) is 11.2 Å². The zero-order valence-electron chi connectivity index (χ0n) is 15.5. The Morgan fingerprint density at radius 1 is 1.28 bits per heavy atom. The number of aromatic nitrogens is 3. The van der Waals surface area contributed by atoms with Crippen molar-refractivity contribution >= 4 is 16.8 Å². The summed E-state index contributed by atoms with van der Waals surface area (Å²) >= 11 is 0. The summed E-state index contributed by atoms with van der Waals surface area (Å²) in [5, 5.41) is 7.87. The molecule has 134 valence electrons. The fourth-order valence-electron chi connectivity index (χ4n) is 2.95. The predicted octanol–water partition coefficient (Wildman–Crippen LogP) is 2.12. The maximum absolute atomic E-state index is 12.1. The lowest BCUT2D eigenvalue weighted by atomic mass is 10.2. The summed E-state index contributed by atoms with van der Waals surface area (Å²) in [5.74, 6) is -0.312. The van der Waals surface area contributed by atoms with Crippen LogP contribution in [0.25, 0.3) is 11.1 Å². The minimum absolute atomic E-state index is 0.312. The summed E-state index contributed by atoms with van der Waals surface area (Å²) < 4.78 is 8.91. The summed E-state index contributed by atoms with van der Waals surface area (Å²) in [5.41, 5.74) is 5.76. The molecule has 1 aromatic carbocycles. The van der Waals surface area contributed by atoms with Crippen molar-refractivity contribution in [3.63, 3.8) is 0 Å². The van der Waals surface area contributed by atoms with E-state index in [1.165, 1.54) is 5.56 Å². The lowest BCUT2D eigenvalue weighted by molar-refractivity contribution is 0.374. The SMILES string of the molecule is Cc1nn(C)c(C)c1CNc1ccc2oc(=O)n(CCN(C)C)c2c1. The predicted molar refractivity (Wildman–Crippen MR) is 99.0 cm³/mol. The second-order valence-electron chi connectivity index (χ2n) is 6.63. The van der Waals surface area contributed by atoms with Crippen molar-refractivity contribution in [2.24, 2.45) is 7.05 Å². The van der Waals surface area contributed by atoms with Crippen LogP contribution in [0, 0.1) is 13.8 Å². The van der Waals surface area contributed by atoms with Gasteiger partial charge in [-0.05, 0) is 46.1 Å². The number of nitrogens with one attached hydrogen (secondary N) is 1. The van der Waals surface area contributed by atoms with Gasteiger partial charge in [-0.3, -0.25) is 9.25 Å². The van der Waals surface area contributed by atoms with E-state index >= 15 is 0 Å². The molecule has 0 aliphatic heterocycles. The van der Waals surface area contributed by atoms with Gasteiger partial charge in [-0.15, -0.1) is 0 Å². The van der Waals surface area contributed by atoms with E-state index in [1.54, 1.807) is 4.57 Å². The summed E-state index contributed by atoms with van der Waals surface area (Å²) in [6.07, 6.45) is 0. The Balaban J connectivity index is 1.85. The lowest BCUT2D eigenvalue weighted by Gasteiger charge is -2.10. The van der Waals surface area contributed by atoms with E-state index < -0.39 is 0 Å². The third kappa shape index (κ3) is 3.46. The number of likely N-dealkylation sites (N-methyl/N-ethyl adjacent to an activating group) is 1. The molecule has 7 nitrogen and oxygen atoms in total. The van der Waals surface area contributed by atoms with E-state index in [0.717, 1.165) is 29.1 Å². The van der Waals surface area contributed by atoms with Crippen LogP contribution in [0.15, 0.2) is 27.4 Å². The molecule has 2 heterocycles. The zero-order valence-corrected chi connectivity index (χ0v) is 15.5. The van der Waals surface area contributed by atoms with Crippen LogP contribution in [0.3, 0.4) is 0 Å². The van der Waals surface area contributed by atoms with E-state index in [-0.39, 0.29) is 5.76 Å². The summed E-state index contributed by atoms with van der Waals surface area (Å²) in [6.45, 7) is 6.15. The summed E-state index contributed by atoms with van der Waals surface area (Å²) in [7, 11) is 5.92. The molecule has 0 fully saturated rings. The molecule has 0 spiro atoms. The van der Waals surface area contributed by atoms with Crippen LogP contribution in [0.2, 0.25) is 0 Å². The van der Waals surface area contributed by atoms with Gasteiger partial charge >= 0.3 is 5.76 Å². The fraction of sp³-hybridized carbons (Fsp3) is 0.444. The van der Waals surface area contributed by atoms with Gasteiger partial charge in [0, 0.05) is 43.6 Å². The van der Waals surface area contributed by atoms with Gasteiger partial charge < -0.3 is 14.6 Å². The molecule has 3 aromatic rings. The molecule has 3 rings (SSSR count). The van der Waals surface area contributed by atoms with Crippen molar-refractivity contribution < 1.29 is 4.42 Å². The third-order valence-corrected chi connectivity index (χ3v) is 4.57. The molecule has 0 aliphatic carbocycles. The maximum Gasteiger partial charge on any atom is 0.419 e. The number of hydrogen-bond acceptors (Lipinski definition) is 5. The van der Waals surface area contributed by atoms with E-state index in [1.807, 2.05) is 55.8 Å². The standard InChI is InChI=1S/C18H25N5O2/c1-12-15(13(2)22(5)20-12)11-19-14-6-7-17-16(10-14)23(18(24)25-17)9-8-21(3)4/h6-7,10,19H,8-9,11H2,1-5H3. The molecule has 7 heteroatoms. The third-order valence-electron chi connectivity index (χ3n) is 4.57. The minimum Gasteiger partial charge on any atom is -0.408 e. The quantitative estimate of drug-likeness (QED) is 0.742. The van der Waals surface area contributed by atoms with E-state index in [4.69, 9.17) is 4.42 Å². The molecule has 0 bridgehead atoms. The first-order chi connectivity index (χ1) is 11.9. The largest absolute Gasteiger partial charge is 0.419 e. The average Bonchev–Trinajstić information content (AvgIpc) is 2.99. The maximum atomic E-state index is 12.1. The molecule has 0 amide bonds. The molecule has 25 heavy (non-hydrogen) atoms. The molecule has 0 atom stereocenters. The Labute approximate surface area is 146 Å². The van der Waals surface area contributed by atoms with E-state index in [0.29, 0.717) is 18.7 Å². The van der Waals surface area contributed by atoms with Gasteiger partial charge in [0.2, 0.25) is 0 Å². The summed E-state index contributed by atoms with van der Waals surface area (Å²) in [6, 6.07) is 5.74. The Hall–Kier alpha value is -2.54. The van der Waals surface area contributed by atoms with Gasteiger partial charge in [0.15, 0.2) is 5.58 Å². The van der Waals surface area contributed by atoms with Crippen molar-refractivity contribution in [2.45, 2.75) is 26.9 Å². The van der Waals surface area contributed by atoms with Crippen LogP contribution in [0.5, 0.6) is 0 Å². The second-order valence-corrected chi connectivity index (χ2v) is 6.63. The topological polar surface area (TPSA) is 68.2 Å². The van der Waals surface area contributed by atoms with Gasteiger partial charge in [-0.1, -0.05) is 0 Å². The molecule has 0 aliphatic rings. The van der Waals surface area contributed by atoms with Crippen molar-refractivity contribution in [1.82, 2.24) is 19.2 Å². The van der Waals surface area contributed by atoms with Crippen LogP contribution < -0.4 is 11.1 Å². The van der Waals surface area contributed by atoms with Crippen LogP contribution >= 0.6 is 0 Å². The number of anilines is 1. The number of rotatable bonds is 6. The van der Waals surface area contributed by atoms with Crippen LogP contribution in [0.1, 0.15) is 17.0 Å². The molecular formula is C18H25N5O2. The van der Waals surface area contributed by atoms with Crippen molar-refractivity contribution in [1.29, 1.82) is 0 Å². The highest BCUT2D eigenvalue weighted by Gasteiger charge is 2.12. The minimum atomic E-state index is -0.312. The van der Waals surface area contributed by atoms with Gasteiger partial charge in [0.1, 0.15) is 0 Å². The Bertz CT molecular complexity index is 948. The first kappa shape index (κ1) is 17.3. The first-order valence-corrected chi connectivity index (χ1v) is 8.38. The zero-order chi connectivity index (χ0) is 18.1. The van der Waals surface area contributed by atoms with Gasteiger partial charge in [-0.2, -0.15) is 5.10 Å². The van der Waals surface area contributed by atoms with E-state index in [2.05, 4.69) is 17.3 Å². The monoisotopic (exact) mass is 343 g/mol. The molecule has 0 radical (unpaired) electrons. The van der Waals surface area contributed by atoms with Crippen molar-refractivity contribution in [2.75, 3.05) is 26.0 Å². The molecule has 2 aromatic heterocycles. The molecular weight excluding hydrogens is 318 g/mol. The Morgan fingerprint density at radius 3 is 2.68 bits per heavy atom. The normalized spacial score (nSPS) is 11.6. The summed E-state index contributed by atoms with van der Waals surface area (Å²) in [4.78, 5) is 14.1. The smallest absolute Gasteiger partial charge is 0.408 e. The molecule has 0 unspecified atom stereocenters. The Kier molecular flexibility index (Phi) is 4.67. The number of nitrogens with zero attached hydrogens (tertiary/aromatic N) is 4. The second kappa shape index (κ2) is 6.76. The average molecular weight is 343 g/mol. The molecule has 0 saturated heterocycles. The molecule has 1 N–H and O–H groups in total. The van der Waals surface area contributed by atoms with E-state index in [9.17, 15) is 4.79 Å². The number of benzene rings is 1. The number of aryl methyl sites for hydroxylation is 2. The van der Waals surface area contributed by atoms with Crippen LogP contribution in [-0.4, -0.2) is 39.9 Å². The van der Waals surface area contributed by atoms with Crippen LogP contribution in [-0.2, 0) is 20.1 Å². The number of oxazole rings is 1. The fourth-order valence-corrected chi connectivity index (χ4v) is 2.95. The lowest BCUT2D eigenvalue weighted by Crippen LogP contribution is -2.23. The highest BCUT2D eigenvalue weighted by molar-refractivity contribution is 5.77. The van der Waals surface area contributed by atoms with Gasteiger partial charge in [-0.25, -0.2) is 4.79 Å². The highest BCUT2D eigenvalue weighted by Crippen LogP contribution is 2.20. The van der Waals surface area contributed by atoms with Crippen LogP contribution in [0.4, 0.5) is 5.69 Å². The number of fused-ring (bicyclic) bond motifs is 1. The molecule has 0 saturated carbocycles.